The molecule has 2 heterocycles. The number of nitrogens with zero attached hydrogens (tertiary/aromatic N) is 2. The zero-order chi connectivity index (χ0) is 19.8. The van der Waals surface area contributed by atoms with Crippen molar-refractivity contribution in [3.8, 4) is 0 Å². The van der Waals surface area contributed by atoms with Crippen molar-refractivity contribution in [3.63, 3.8) is 0 Å². The van der Waals surface area contributed by atoms with Gasteiger partial charge in [0.25, 0.3) is 12.0 Å². The first-order chi connectivity index (χ1) is 12.0. The maximum Gasteiger partial charge on any atom is 0.349 e. The van der Waals surface area contributed by atoms with Gasteiger partial charge in [0, 0.05) is 13.1 Å². The van der Waals surface area contributed by atoms with Gasteiger partial charge in [0.15, 0.2) is 0 Å². The zero-order valence-corrected chi connectivity index (χ0v) is 16.2. The number of halogens is 2. The Morgan fingerprint density at radius 1 is 1.19 bits per heavy atom. The summed E-state index contributed by atoms with van der Waals surface area (Å²) in [6.45, 7) is 8.63. The van der Waals surface area contributed by atoms with E-state index in [0.29, 0.717) is 17.8 Å². The van der Waals surface area contributed by atoms with Gasteiger partial charge in [0.2, 0.25) is 0 Å². The summed E-state index contributed by atoms with van der Waals surface area (Å²) < 4.78 is 35.0. The summed E-state index contributed by atoms with van der Waals surface area (Å²) in [7, 11) is 0. The molecule has 0 aliphatic rings. The van der Waals surface area contributed by atoms with Crippen LogP contribution in [0.5, 0.6) is 0 Å². The number of aryl methyl sites for hydroxylation is 1. The molecule has 0 bridgehead atoms. The molecule has 2 aromatic heterocycles. The Morgan fingerprint density at radius 2 is 1.81 bits per heavy atom. The summed E-state index contributed by atoms with van der Waals surface area (Å²) in [6.07, 6.45) is -2.55. The number of thiophene rings is 1. The van der Waals surface area contributed by atoms with Crippen LogP contribution in [0.15, 0.2) is 9.59 Å². The van der Waals surface area contributed by atoms with E-state index in [9.17, 15) is 23.2 Å². The molecule has 2 aromatic rings. The lowest BCUT2D eigenvalue weighted by atomic mass is 10.1. The monoisotopic (exact) mass is 388 g/mol. The van der Waals surface area contributed by atoms with E-state index in [2.05, 4.69) is 0 Å². The van der Waals surface area contributed by atoms with Gasteiger partial charge >= 0.3 is 11.7 Å². The number of fused-ring (bicyclic) bond motifs is 1. The van der Waals surface area contributed by atoms with Gasteiger partial charge < -0.3 is 4.74 Å². The summed E-state index contributed by atoms with van der Waals surface area (Å²) in [5.74, 6) is -0.925. The molecular weight excluding hydrogens is 366 g/mol. The first-order valence-electron chi connectivity index (χ1n) is 8.35. The van der Waals surface area contributed by atoms with Crippen LogP contribution in [0.4, 0.5) is 8.78 Å². The van der Waals surface area contributed by atoms with Crippen LogP contribution in [0.1, 0.15) is 62.7 Å². The minimum Gasteiger partial charge on any atom is -0.456 e. The van der Waals surface area contributed by atoms with E-state index in [1.165, 1.54) is 4.57 Å². The van der Waals surface area contributed by atoms with E-state index in [-0.39, 0.29) is 28.2 Å². The third kappa shape index (κ3) is 3.58. The summed E-state index contributed by atoms with van der Waals surface area (Å²) in [4.78, 5) is 37.4. The fourth-order valence-electron chi connectivity index (χ4n) is 2.67. The first-order valence-corrected chi connectivity index (χ1v) is 9.16. The highest BCUT2D eigenvalue weighted by atomic mass is 32.1. The molecular formula is C17H22F2N2O4S. The Labute approximate surface area is 153 Å². The maximum atomic E-state index is 13.8. The van der Waals surface area contributed by atoms with Gasteiger partial charge in [-0.1, -0.05) is 6.92 Å². The third-order valence-corrected chi connectivity index (χ3v) is 4.87. The number of hydrogen-bond acceptors (Lipinski definition) is 5. The lowest BCUT2D eigenvalue weighted by molar-refractivity contribution is 0.00687. The van der Waals surface area contributed by atoms with E-state index < -0.39 is 34.8 Å². The second kappa shape index (κ2) is 7.30. The van der Waals surface area contributed by atoms with E-state index in [1.807, 2.05) is 0 Å². The normalized spacial score (nSPS) is 12.2. The largest absolute Gasteiger partial charge is 0.456 e. The fourth-order valence-corrected chi connectivity index (χ4v) is 3.90. The number of rotatable bonds is 5. The van der Waals surface area contributed by atoms with Gasteiger partial charge in [-0.2, -0.15) is 0 Å². The van der Waals surface area contributed by atoms with Crippen LogP contribution in [0.3, 0.4) is 0 Å². The van der Waals surface area contributed by atoms with Crippen molar-refractivity contribution in [3.05, 3.63) is 31.3 Å². The Morgan fingerprint density at radius 3 is 2.27 bits per heavy atom. The predicted molar refractivity (Wildman–Crippen MR) is 96.4 cm³/mol. The molecule has 144 valence electrons. The summed E-state index contributed by atoms with van der Waals surface area (Å²) in [5.41, 5.74) is -2.89. The molecule has 0 fully saturated rings. The SMILES string of the molecule is CCCn1c(=O)c2c(C(F)F)c(C(=O)OC(C)(C)C)sc2n(CC)c1=O. The molecule has 0 aromatic carbocycles. The van der Waals surface area contributed by atoms with Gasteiger partial charge in [0.1, 0.15) is 15.3 Å². The second-order valence-electron chi connectivity index (χ2n) is 6.81. The number of hydrogen-bond donors (Lipinski definition) is 0. The van der Waals surface area contributed by atoms with Gasteiger partial charge in [-0.05, 0) is 34.1 Å². The van der Waals surface area contributed by atoms with Crippen LogP contribution in [-0.4, -0.2) is 20.7 Å². The zero-order valence-electron chi connectivity index (χ0n) is 15.4. The van der Waals surface area contributed by atoms with E-state index >= 15 is 0 Å². The predicted octanol–water partition coefficient (Wildman–Crippen LogP) is 3.55. The Hall–Kier alpha value is -2.03. The Bertz CT molecular complexity index is 951. The van der Waals surface area contributed by atoms with Gasteiger partial charge in [-0.15, -0.1) is 11.3 Å². The number of carbonyl (C=O) groups excluding carboxylic acids is 1. The van der Waals surface area contributed by atoms with Crippen LogP contribution in [-0.2, 0) is 17.8 Å². The van der Waals surface area contributed by atoms with Crippen molar-refractivity contribution in [2.24, 2.45) is 0 Å². The average Bonchev–Trinajstić information content (AvgIpc) is 2.91. The quantitative estimate of drug-likeness (QED) is 0.735. The standard InChI is InChI=1S/C17H22F2N2O4S/c1-6-8-21-13(22)10-9(12(18)19)11(15(23)25-17(3,4)5)26-14(10)20(7-2)16(21)24/h12H,6-8H2,1-5H3. The molecule has 0 atom stereocenters. The van der Waals surface area contributed by atoms with Crippen molar-refractivity contribution >= 4 is 27.5 Å². The second-order valence-corrected chi connectivity index (χ2v) is 7.81. The minimum atomic E-state index is -3.04. The van der Waals surface area contributed by atoms with Gasteiger partial charge in [-0.25, -0.2) is 18.4 Å². The van der Waals surface area contributed by atoms with Crippen molar-refractivity contribution in [1.29, 1.82) is 0 Å². The molecule has 0 radical (unpaired) electrons. The highest BCUT2D eigenvalue weighted by Gasteiger charge is 2.32. The number of alkyl halides is 2. The average molecular weight is 388 g/mol. The lowest BCUT2D eigenvalue weighted by Gasteiger charge is -2.19. The number of esters is 1. The third-order valence-electron chi connectivity index (χ3n) is 3.66. The van der Waals surface area contributed by atoms with Crippen LogP contribution < -0.4 is 11.2 Å². The highest BCUT2D eigenvalue weighted by molar-refractivity contribution is 7.20. The Kier molecular flexibility index (Phi) is 5.70. The number of aromatic nitrogens is 2. The topological polar surface area (TPSA) is 70.3 Å². The molecule has 2 rings (SSSR count). The van der Waals surface area contributed by atoms with Crippen LogP contribution in [0.2, 0.25) is 0 Å². The van der Waals surface area contributed by atoms with Crippen LogP contribution in [0.25, 0.3) is 10.2 Å². The summed E-state index contributed by atoms with van der Waals surface area (Å²) in [6, 6.07) is 0. The molecule has 0 aliphatic heterocycles. The fraction of sp³-hybridized carbons (Fsp3) is 0.588. The molecule has 0 spiro atoms. The molecule has 0 saturated carbocycles. The van der Waals surface area contributed by atoms with Gasteiger partial charge in [0.05, 0.1) is 10.9 Å². The first kappa shape index (κ1) is 20.3. The summed E-state index contributed by atoms with van der Waals surface area (Å²) in [5, 5.41) is -0.277. The van der Waals surface area contributed by atoms with Crippen molar-refractivity contribution in [2.75, 3.05) is 0 Å². The Balaban J connectivity index is 2.92. The molecule has 0 N–H and O–H groups in total. The number of carbonyl (C=O) groups is 1. The van der Waals surface area contributed by atoms with E-state index in [1.54, 1.807) is 34.6 Å². The molecule has 9 heteroatoms. The van der Waals surface area contributed by atoms with Crippen LogP contribution >= 0.6 is 11.3 Å². The molecule has 0 unspecified atom stereocenters. The minimum absolute atomic E-state index is 0.0750. The van der Waals surface area contributed by atoms with Crippen molar-refractivity contribution in [1.82, 2.24) is 9.13 Å². The summed E-state index contributed by atoms with van der Waals surface area (Å²) >= 11 is 0.702. The molecule has 0 aliphatic carbocycles. The van der Waals surface area contributed by atoms with E-state index in [0.717, 1.165) is 4.57 Å². The number of ether oxygens (including phenoxy) is 1. The van der Waals surface area contributed by atoms with Crippen LogP contribution in [0, 0.1) is 0 Å². The lowest BCUT2D eigenvalue weighted by Crippen LogP contribution is -2.39. The van der Waals surface area contributed by atoms with Crippen molar-refractivity contribution < 1.29 is 18.3 Å². The molecule has 0 amide bonds. The molecule has 6 nitrogen and oxygen atoms in total. The molecule has 26 heavy (non-hydrogen) atoms. The highest BCUT2D eigenvalue weighted by Crippen LogP contribution is 2.36. The van der Waals surface area contributed by atoms with E-state index in [4.69, 9.17) is 4.74 Å². The molecule has 0 saturated heterocycles. The van der Waals surface area contributed by atoms with Crippen molar-refractivity contribution in [2.45, 2.75) is 66.2 Å². The smallest absolute Gasteiger partial charge is 0.349 e. The van der Waals surface area contributed by atoms with Gasteiger partial charge in [-0.3, -0.25) is 13.9 Å². The maximum absolute atomic E-state index is 13.8.